The zero-order chi connectivity index (χ0) is 15.1. The van der Waals surface area contributed by atoms with E-state index in [0.29, 0.717) is 6.61 Å². The molecule has 1 N–H and O–H groups in total. The summed E-state index contributed by atoms with van der Waals surface area (Å²) in [5.74, 6) is 0.767. The van der Waals surface area contributed by atoms with Gasteiger partial charge in [0.15, 0.2) is 0 Å². The number of benzene rings is 2. The minimum Gasteiger partial charge on any atom is -0.490 e. The largest absolute Gasteiger partial charge is 0.490 e. The molecule has 0 atom stereocenters. The zero-order valence-corrected chi connectivity index (χ0v) is 12.3. The first-order chi connectivity index (χ1) is 10.1. The maximum absolute atomic E-state index is 11.6. The van der Waals surface area contributed by atoms with Gasteiger partial charge in [-0.2, -0.15) is 0 Å². The molecular formula is C17H19NO3. The third-order valence-electron chi connectivity index (χ3n) is 2.99. The van der Waals surface area contributed by atoms with Crippen molar-refractivity contribution in [2.24, 2.45) is 0 Å². The van der Waals surface area contributed by atoms with Gasteiger partial charge in [0.05, 0.1) is 0 Å². The molecule has 4 nitrogen and oxygen atoms in total. The van der Waals surface area contributed by atoms with Crippen molar-refractivity contribution in [3.8, 4) is 5.75 Å². The van der Waals surface area contributed by atoms with Crippen molar-refractivity contribution in [1.82, 2.24) is 0 Å². The van der Waals surface area contributed by atoms with E-state index in [2.05, 4.69) is 5.32 Å². The van der Waals surface area contributed by atoms with E-state index in [4.69, 9.17) is 9.47 Å². The lowest BCUT2D eigenvalue weighted by Gasteiger charge is -2.10. The van der Waals surface area contributed by atoms with Gasteiger partial charge in [0.25, 0.3) is 0 Å². The molecule has 2 rings (SSSR count). The normalized spacial score (nSPS) is 10.0. The van der Waals surface area contributed by atoms with Gasteiger partial charge in [-0.1, -0.05) is 35.9 Å². The van der Waals surface area contributed by atoms with Crippen molar-refractivity contribution >= 4 is 11.8 Å². The average molecular weight is 285 g/mol. The van der Waals surface area contributed by atoms with E-state index in [-0.39, 0.29) is 6.61 Å². The van der Waals surface area contributed by atoms with Gasteiger partial charge in [0, 0.05) is 5.69 Å². The first kappa shape index (κ1) is 14.9. The second kappa shape index (κ2) is 7.33. The van der Waals surface area contributed by atoms with Gasteiger partial charge >= 0.3 is 6.09 Å². The second-order valence-corrected chi connectivity index (χ2v) is 4.74. The summed E-state index contributed by atoms with van der Waals surface area (Å²) in [6.45, 7) is 4.47. The monoisotopic (exact) mass is 285 g/mol. The molecule has 4 heteroatoms. The molecule has 0 aliphatic rings. The molecule has 2 aromatic carbocycles. The minimum absolute atomic E-state index is 0.200. The number of rotatable bonds is 5. The van der Waals surface area contributed by atoms with E-state index < -0.39 is 6.09 Å². The van der Waals surface area contributed by atoms with E-state index in [9.17, 15) is 4.79 Å². The Balaban J connectivity index is 1.70. The Morgan fingerprint density at radius 3 is 2.43 bits per heavy atom. The first-order valence-electron chi connectivity index (χ1n) is 6.84. The Morgan fingerprint density at radius 1 is 1.00 bits per heavy atom. The van der Waals surface area contributed by atoms with Gasteiger partial charge in [-0.05, 0) is 37.6 Å². The predicted molar refractivity (Wildman–Crippen MR) is 82.8 cm³/mol. The molecule has 0 fully saturated rings. The van der Waals surface area contributed by atoms with Crippen LogP contribution >= 0.6 is 0 Å². The zero-order valence-electron chi connectivity index (χ0n) is 12.3. The summed E-state index contributed by atoms with van der Waals surface area (Å²) in [6, 6.07) is 15.3. The van der Waals surface area contributed by atoms with Crippen molar-refractivity contribution in [1.29, 1.82) is 0 Å². The number of aryl methyl sites for hydroxylation is 2. The van der Waals surface area contributed by atoms with Crippen LogP contribution in [0.15, 0.2) is 48.5 Å². The highest BCUT2D eigenvalue weighted by Gasteiger charge is 2.04. The number of anilines is 1. The van der Waals surface area contributed by atoms with Gasteiger partial charge in [-0.15, -0.1) is 0 Å². The molecule has 0 heterocycles. The number of amides is 1. The molecular weight excluding hydrogens is 266 g/mol. The summed E-state index contributed by atoms with van der Waals surface area (Å²) in [5.41, 5.74) is 2.92. The standard InChI is InChI=1S/C17H19NO3/c1-13-7-9-15(10-8-13)20-11-12-21-17(19)18-16-6-4-3-5-14(16)2/h3-10H,11-12H2,1-2H3,(H,18,19). The van der Waals surface area contributed by atoms with Gasteiger partial charge < -0.3 is 9.47 Å². The predicted octanol–water partition coefficient (Wildman–Crippen LogP) is 3.93. The molecule has 1 amide bonds. The molecule has 0 unspecified atom stereocenters. The van der Waals surface area contributed by atoms with Crippen molar-refractivity contribution in [3.63, 3.8) is 0 Å². The molecule has 0 saturated carbocycles. The maximum atomic E-state index is 11.6. The number of ether oxygens (including phenoxy) is 2. The van der Waals surface area contributed by atoms with Gasteiger partial charge in [0.2, 0.25) is 0 Å². The lowest BCUT2D eigenvalue weighted by Crippen LogP contribution is -2.18. The first-order valence-corrected chi connectivity index (χ1v) is 6.84. The third-order valence-corrected chi connectivity index (χ3v) is 2.99. The van der Waals surface area contributed by atoms with E-state index in [1.165, 1.54) is 5.56 Å². The molecule has 0 aliphatic heterocycles. The van der Waals surface area contributed by atoms with Crippen LogP contribution in [-0.4, -0.2) is 19.3 Å². The van der Waals surface area contributed by atoms with Crippen molar-refractivity contribution in [2.75, 3.05) is 18.5 Å². The quantitative estimate of drug-likeness (QED) is 0.847. The van der Waals surface area contributed by atoms with E-state index in [0.717, 1.165) is 17.0 Å². The fourth-order valence-electron chi connectivity index (χ4n) is 1.79. The Kier molecular flexibility index (Phi) is 5.21. The highest BCUT2D eigenvalue weighted by atomic mass is 16.6. The Hall–Kier alpha value is -2.49. The van der Waals surface area contributed by atoms with Crippen LogP contribution in [0, 0.1) is 13.8 Å². The molecule has 2 aromatic rings. The summed E-state index contributed by atoms with van der Waals surface area (Å²) in [7, 11) is 0. The SMILES string of the molecule is Cc1ccc(OCCOC(=O)Nc2ccccc2C)cc1. The van der Waals surface area contributed by atoms with Crippen LogP contribution < -0.4 is 10.1 Å². The van der Waals surface area contributed by atoms with Gasteiger partial charge in [-0.3, -0.25) is 5.32 Å². The lowest BCUT2D eigenvalue weighted by atomic mass is 10.2. The number of nitrogens with one attached hydrogen (secondary N) is 1. The second-order valence-electron chi connectivity index (χ2n) is 4.74. The topological polar surface area (TPSA) is 47.6 Å². The Morgan fingerprint density at radius 2 is 1.71 bits per heavy atom. The molecule has 0 aromatic heterocycles. The molecule has 0 saturated heterocycles. The van der Waals surface area contributed by atoms with Crippen LogP contribution in [0.25, 0.3) is 0 Å². The summed E-state index contributed by atoms with van der Waals surface area (Å²) in [5, 5.41) is 2.70. The summed E-state index contributed by atoms with van der Waals surface area (Å²) in [4.78, 5) is 11.6. The van der Waals surface area contributed by atoms with Crippen LogP contribution in [0.4, 0.5) is 10.5 Å². The van der Waals surface area contributed by atoms with Gasteiger partial charge in [-0.25, -0.2) is 4.79 Å². The van der Waals surface area contributed by atoms with Crippen LogP contribution in [-0.2, 0) is 4.74 Å². The fraction of sp³-hybridized carbons (Fsp3) is 0.235. The van der Waals surface area contributed by atoms with Gasteiger partial charge in [0.1, 0.15) is 19.0 Å². The molecule has 0 radical (unpaired) electrons. The van der Waals surface area contributed by atoms with Crippen LogP contribution in [0.5, 0.6) is 5.75 Å². The summed E-state index contributed by atoms with van der Waals surface area (Å²) >= 11 is 0. The summed E-state index contributed by atoms with van der Waals surface area (Å²) in [6.07, 6.45) is -0.475. The number of hydrogen-bond acceptors (Lipinski definition) is 3. The summed E-state index contributed by atoms with van der Waals surface area (Å²) < 4.78 is 10.6. The lowest BCUT2D eigenvalue weighted by molar-refractivity contribution is 0.138. The maximum Gasteiger partial charge on any atom is 0.411 e. The number of para-hydroxylation sites is 1. The number of carbonyl (C=O) groups excluding carboxylic acids is 1. The Labute approximate surface area is 124 Å². The molecule has 0 bridgehead atoms. The molecule has 0 spiro atoms. The van der Waals surface area contributed by atoms with Crippen LogP contribution in [0.2, 0.25) is 0 Å². The Bertz CT molecular complexity index is 593. The number of carbonyl (C=O) groups is 1. The van der Waals surface area contributed by atoms with E-state index >= 15 is 0 Å². The highest BCUT2D eigenvalue weighted by molar-refractivity contribution is 5.85. The molecule has 0 aliphatic carbocycles. The van der Waals surface area contributed by atoms with Crippen molar-refractivity contribution in [2.45, 2.75) is 13.8 Å². The van der Waals surface area contributed by atoms with Crippen LogP contribution in [0.1, 0.15) is 11.1 Å². The third kappa shape index (κ3) is 4.84. The highest BCUT2D eigenvalue weighted by Crippen LogP contribution is 2.13. The average Bonchev–Trinajstić information content (AvgIpc) is 2.48. The van der Waals surface area contributed by atoms with Crippen LogP contribution in [0.3, 0.4) is 0 Å². The van der Waals surface area contributed by atoms with Crippen molar-refractivity contribution in [3.05, 3.63) is 59.7 Å². The molecule has 21 heavy (non-hydrogen) atoms. The minimum atomic E-state index is -0.475. The van der Waals surface area contributed by atoms with E-state index in [1.54, 1.807) is 0 Å². The van der Waals surface area contributed by atoms with Crippen molar-refractivity contribution < 1.29 is 14.3 Å². The molecule has 110 valence electrons. The smallest absolute Gasteiger partial charge is 0.411 e. The number of hydrogen-bond donors (Lipinski definition) is 1. The van der Waals surface area contributed by atoms with E-state index in [1.807, 2.05) is 62.4 Å². The fourth-order valence-corrected chi connectivity index (χ4v) is 1.79.